The molecule has 2 aromatic carbocycles. The van der Waals surface area contributed by atoms with Crippen molar-refractivity contribution in [2.45, 2.75) is 6.92 Å². The molecule has 0 radical (unpaired) electrons. The molecule has 0 amide bonds. The average molecular weight is 432 g/mol. The standard InChI is InChI=1S/C19H18BrN3O2S/c1-3-25-16-9-6-14(18(24)10-16)11-22-23-17(12-26-19(23)21-2)13-4-7-15(20)8-5-13/h4-12,24H,3H2,1-2H3/b21-19?,22-11+. The summed E-state index contributed by atoms with van der Waals surface area (Å²) in [5, 5.41) is 16.7. The van der Waals surface area contributed by atoms with Gasteiger partial charge in [-0.3, -0.25) is 4.99 Å². The molecule has 0 unspecified atom stereocenters. The Morgan fingerprint density at radius 1 is 1.23 bits per heavy atom. The highest BCUT2D eigenvalue weighted by atomic mass is 79.9. The number of aromatic nitrogens is 1. The van der Waals surface area contributed by atoms with Crippen molar-refractivity contribution >= 4 is 33.5 Å². The molecule has 3 rings (SSSR count). The number of phenolic OH excluding ortho intramolecular Hbond substituents is 1. The molecule has 0 fully saturated rings. The molecular formula is C19H18BrN3O2S. The van der Waals surface area contributed by atoms with Crippen LogP contribution in [-0.4, -0.2) is 29.7 Å². The minimum absolute atomic E-state index is 0.121. The largest absolute Gasteiger partial charge is 0.507 e. The zero-order valence-corrected chi connectivity index (χ0v) is 16.8. The van der Waals surface area contributed by atoms with Crippen LogP contribution in [0.5, 0.6) is 11.5 Å². The fourth-order valence-electron chi connectivity index (χ4n) is 2.39. The third-order valence-electron chi connectivity index (χ3n) is 3.64. The zero-order valence-electron chi connectivity index (χ0n) is 14.4. The highest BCUT2D eigenvalue weighted by Gasteiger charge is 2.08. The van der Waals surface area contributed by atoms with E-state index < -0.39 is 0 Å². The van der Waals surface area contributed by atoms with Crippen molar-refractivity contribution in [3.8, 4) is 22.8 Å². The van der Waals surface area contributed by atoms with Crippen molar-refractivity contribution in [1.29, 1.82) is 0 Å². The van der Waals surface area contributed by atoms with Gasteiger partial charge in [0.2, 0.25) is 4.80 Å². The lowest BCUT2D eigenvalue weighted by atomic mass is 10.2. The van der Waals surface area contributed by atoms with Gasteiger partial charge < -0.3 is 9.84 Å². The van der Waals surface area contributed by atoms with Gasteiger partial charge in [0, 0.05) is 34.1 Å². The topological polar surface area (TPSA) is 59.1 Å². The fraction of sp³-hybridized carbons (Fsp3) is 0.158. The molecule has 0 aliphatic carbocycles. The second-order valence-corrected chi connectivity index (χ2v) is 7.10. The molecule has 0 atom stereocenters. The summed E-state index contributed by atoms with van der Waals surface area (Å²) in [6.45, 7) is 2.45. The zero-order chi connectivity index (χ0) is 18.5. The van der Waals surface area contributed by atoms with Gasteiger partial charge in [-0.2, -0.15) is 5.10 Å². The number of hydrogen-bond acceptors (Lipinski definition) is 5. The maximum absolute atomic E-state index is 10.2. The molecule has 0 saturated carbocycles. The lowest BCUT2D eigenvalue weighted by Gasteiger charge is -2.06. The number of benzene rings is 2. The first-order valence-corrected chi connectivity index (χ1v) is 9.69. The molecule has 5 nitrogen and oxygen atoms in total. The van der Waals surface area contributed by atoms with Crippen LogP contribution in [0, 0.1) is 0 Å². The molecule has 1 N–H and O–H groups in total. The van der Waals surface area contributed by atoms with Crippen LogP contribution < -0.4 is 9.54 Å². The number of aromatic hydroxyl groups is 1. The number of hydrogen-bond donors (Lipinski definition) is 1. The van der Waals surface area contributed by atoms with Crippen molar-refractivity contribution in [1.82, 2.24) is 4.68 Å². The van der Waals surface area contributed by atoms with E-state index in [1.165, 1.54) is 11.3 Å². The molecule has 3 aromatic rings. The Labute approximate surface area is 164 Å². The smallest absolute Gasteiger partial charge is 0.205 e. The highest BCUT2D eigenvalue weighted by Crippen LogP contribution is 2.24. The van der Waals surface area contributed by atoms with E-state index in [0.717, 1.165) is 20.5 Å². The van der Waals surface area contributed by atoms with Crippen LogP contribution in [0.1, 0.15) is 12.5 Å². The molecule has 1 aromatic heterocycles. The van der Waals surface area contributed by atoms with Crippen LogP contribution in [0.4, 0.5) is 0 Å². The van der Waals surface area contributed by atoms with Crippen LogP contribution in [0.15, 0.2) is 62.4 Å². The summed E-state index contributed by atoms with van der Waals surface area (Å²) >= 11 is 4.96. The van der Waals surface area contributed by atoms with Gasteiger partial charge in [-0.25, -0.2) is 4.68 Å². The Morgan fingerprint density at radius 2 is 2.00 bits per heavy atom. The molecule has 0 bridgehead atoms. The Kier molecular flexibility index (Phi) is 5.90. The van der Waals surface area contributed by atoms with Gasteiger partial charge >= 0.3 is 0 Å². The number of thiazole rings is 1. The Bertz CT molecular complexity index is 991. The van der Waals surface area contributed by atoms with Crippen molar-refractivity contribution < 1.29 is 9.84 Å². The van der Waals surface area contributed by atoms with Gasteiger partial charge in [0.15, 0.2) is 0 Å². The monoisotopic (exact) mass is 431 g/mol. The second kappa shape index (κ2) is 8.33. The molecule has 134 valence electrons. The van der Waals surface area contributed by atoms with Crippen LogP contribution in [0.3, 0.4) is 0 Å². The third-order valence-corrected chi connectivity index (χ3v) is 5.08. The number of ether oxygens (including phenoxy) is 1. The summed E-state index contributed by atoms with van der Waals surface area (Å²) in [5.74, 6) is 0.751. The van der Waals surface area contributed by atoms with Gasteiger partial charge in [0.1, 0.15) is 11.5 Å². The number of halogens is 1. The van der Waals surface area contributed by atoms with E-state index in [1.54, 1.807) is 30.1 Å². The van der Waals surface area contributed by atoms with Crippen LogP contribution in [0.25, 0.3) is 11.3 Å². The minimum Gasteiger partial charge on any atom is -0.507 e. The van der Waals surface area contributed by atoms with Crippen molar-refractivity contribution in [3.63, 3.8) is 0 Å². The molecule has 0 spiro atoms. The normalized spacial score (nSPS) is 12.0. The SMILES string of the molecule is CCOc1ccc(/C=N/n2c(-c3ccc(Br)cc3)csc2=NC)c(O)c1. The molecule has 7 heteroatoms. The van der Waals surface area contributed by atoms with E-state index in [1.807, 2.05) is 42.6 Å². The lowest BCUT2D eigenvalue weighted by molar-refractivity contribution is 0.337. The molecule has 26 heavy (non-hydrogen) atoms. The maximum Gasteiger partial charge on any atom is 0.205 e. The minimum atomic E-state index is 0.121. The molecule has 1 heterocycles. The first-order valence-electron chi connectivity index (χ1n) is 8.02. The van der Waals surface area contributed by atoms with Crippen molar-refractivity contribution in [2.24, 2.45) is 10.1 Å². The second-order valence-electron chi connectivity index (χ2n) is 5.34. The maximum atomic E-state index is 10.2. The van der Waals surface area contributed by atoms with E-state index in [9.17, 15) is 5.11 Å². The van der Waals surface area contributed by atoms with Gasteiger partial charge in [-0.05, 0) is 31.2 Å². The highest BCUT2D eigenvalue weighted by molar-refractivity contribution is 9.10. The summed E-state index contributed by atoms with van der Waals surface area (Å²) < 4.78 is 8.18. The van der Waals surface area contributed by atoms with Gasteiger partial charge in [-0.15, -0.1) is 11.3 Å². The summed E-state index contributed by atoms with van der Waals surface area (Å²) in [5.41, 5.74) is 2.58. The molecule has 0 aliphatic heterocycles. The molecular weight excluding hydrogens is 414 g/mol. The average Bonchev–Trinajstić information content (AvgIpc) is 3.05. The van der Waals surface area contributed by atoms with Crippen LogP contribution in [0.2, 0.25) is 0 Å². The van der Waals surface area contributed by atoms with Gasteiger partial charge in [0.05, 0.1) is 18.5 Å². The number of nitrogens with zero attached hydrogens (tertiary/aromatic N) is 3. The van der Waals surface area contributed by atoms with Crippen molar-refractivity contribution in [3.05, 3.63) is 62.7 Å². The Balaban J connectivity index is 1.98. The lowest BCUT2D eigenvalue weighted by Crippen LogP contribution is -2.11. The first kappa shape index (κ1) is 18.4. The van der Waals surface area contributed by atoms with E-state index in [-0.39, 0.29) is 5.75 Å². The fourth-order valence-corrected chi connectivity index (χ4v) is 3.46. The van der Waals surface area contributed by atoms with Crippen LogP contribution in [-0.2, 0) is 0 Å². The quantitative estimate of drug-likeness (QED) is 0.604. The van der Waals surface area contributed by atoms with E-state index >= 15 is 0 Å². The molecule has 0 aliphatic rings. The van der Waals surface area contributed by atoms with Gasteiger partial charge in [0.25, 0.3) is 0 Å². The number of phenols is 1. The van der Waals surface area contributed by atoms with E-state index in [2.05, 4.69) is 26.0 Å². The predicted molar refractivity (Wildman–Crippen MR) is 109 cm³/mol. The summed E-state index contributed by atoms with van der Waals surface area (Å²) in [6.07, 6.45) is 1.62. The van der Waals surface area contributed by atoms with Crippen molar-refractivity contribution in [2.75, 3.05) is 13.7 Å². The number of rotatable bonds is 5. The molecule has 0 saturated heterocycles. The summed E-state index contributed by atoms with van der Waals surface area (Å²) in [6, 6.07) is 13.2. The Morgan fingerprint density at radius 3 is 2.65 bits per heavy atom. The van der Waals surface area contributed by atoms with E-state index in [0.29, 0.717) is 17.9 Å². The third kappa shape index (κ3) is 4.05. The van der Waals surface area contributed by atoms with Crippen LogP contribution >= 0.6 is 27.3 Å². The Hall–Kier alpha value is -2.38. The summed E-state index contributed by atoms with van der Waals surface area (Å²) in [4.78, 5) is 5.05. The predicted octanol–water partition coefficient (Wildman–Crippen LogP) is 4.50. The van der Waals surface area contributed by atoms with E-state index in [4.69, 9.17) is 4.74 Å². The van der Waals surface area contributed by atoms with Gasteiger partial charge in [-0.1, -0.05) is 28.1 Å². The summed E-state index contributed by atoms with van der Waals surface area (Å²) in [7, 11) is 1.73. The first-order chi connectivity index (χ1) is 12.6.